The third kappa shape index (κ3) is 2.40. The Hall–Kier alpha value is -1.32. The fraction of sp³-hybridized carbons (Fsp3) is 0.500. The number of fused-ring (bicyclic) bond motifs is 1. The normalized spacial score (nSPS) is 26.7. The van der Waals surface area contributed by atoms with Crippen LogP contribution in [0, 0.1) is 0 Å². The van der Waals surface area contributed by atoms with Gasteiger partial charge in [0.25, 0.3) is 0 Å². The van der Waals surface area contributed by atoms with Crippen LogP contribution in [0.15, 0.2) is 34.7 Å². The number of piperazine rings is 1. The van der Waals surface area contributed by atoms with E-state index in [4.69, 9.17) is 4.42 Å². The van der Waals surface area contributed by atoms with Gasteiger partial charge in [0.2, 0.25) is 0 Å². The van der Waals surface area contributed by atoms with E-state index in [0.29, 0.717) is 18.1 Å². The molecular weight excluding hydrogens is 236 g/mol. The third-order valence-corrected chi connectivity index (χ3v) is 4.17. The quantitative estimate of drug-likeness (QED) is 0.897. The first-order chi connectivity index (χ1) is 9.15. The number of benzene rings is 1. The van der Waals surface area contributed by atoms with Crippen molar-refractivity contribution in [1.29, 1.82) is 0 Å². The van der Waals surface area contributed by atoms with Crippen molar-refractivity contribution in [1.82, 2.24) is 10.2 Å². The lowest BCUT2D eigenvalue weighted by Crippen LogP contribution is -2.54. The topological polar surface area (TPSA) is 28.4 Å². The summed E-state index contributed by atoms with van der Waals surface area (Å²) in [6, 6.07) is 11.8. The van der Waals surface area contributed by atoms with Crippen molar-refractivity contribution in [3.05, 3.63) is 36.1 Å². The summed E-state index contributed by atoms with van der Waals surface area (Å²) < 4.78 is 6.00. The van der Waals surface area contributed by atoms with Crippen LogP contribution in [0.25, 0.3) is 11.0 Å². The van der Waals surface area contributed by atoms with Crippen LogP contribution in [-0.2, 0) is 0 Å². The third-order valence-electron chi connectivity index (χ3n) is 4.17. The van der Waals surface area contributed by atoms with Gasteiger partial charge in [-0.05, 0) is 32.9 Å². The Morgan fingerprint density at radius 1 is 1.32 bits per heavy atom. The number of hydrogen-bond acceptors (Lipinski definition) is 3. The summed E-state index contributed by atoms with van der Waals surface area (Å²) in [6.07, 6.45) is 0. The highest BCUT2D eigenvalue weighted by Gasteiger charge is 2.28. The van der Waals surface area contributed by atoms with Gasteiger partial charge in [-0.1, -0.05) is 18.2 Å². The molecule has 3 rings (SSSR count). The molecule has 0 aliphatic carbocycles. The molecule has 0 bridgehead atoms. The van der Waals surface area contributed by atoms with Crippen molar-refractivity contribution in [3.8, 4) is 0 Å². The van der Waals surface area contributed by atoms with Gasteiger partial charge in [0.05, 0.1) is 6.04 Å². The van der Waals surface area contributed by atoms with Gasteiger partial charge in [0.1, 0.15) is 11.3 Å². The Balaban J connectivity index is 1.87. The van der Waals surface area contributed by atoms with Crippen LogP contribution >= 0.6 is 0 Å². The Bertz CT molecular complexity index is 530. The standard InChI is InChI=1S/C16H22N2O/c1-11-10-18(12(2)9-17-11)13(3)16-8-14-6-4-5-7-15(14)19-16/h4-8,11-13,17H,9-10H2,1-3H3. The highest BCUT2D eigenvalue weighted by molar-refractivity contribution is 5.77. The molecule has 0 saturated carbocycles. The molecule has 102 valence electrons. The largest absolute Gasteiger partial charge is 0.459 e. The first kappa shape index (κ1) is 12.7. The monoisotopic (exact) mass is 258 g/mol. The Labute approximate surface area is 114 Å². The average molecular weight is 258 g/mol. The van der Waals surface area contributed by atoms with Crippen molar-refractivity contribution >= 4 is 11.0 Å². The molecule has 1 N–H and O–H groups in total. The maximum atomic E-state index is 6.00. The minimum atomic E-state index is 0.326. The minimum Gasteiger partial charge on any atom is -0.459 e. The Morgan fingerprint density at radius 3 is 2.89 bits per heavy atom. The summed E-state index contributed by atoms with van der Waals surface area (Å²) in [7, 11) is 0. The molecule has 1 saturated heterocycles. The van der Waals surface area contributed by atoms with Crippen LogP contribution in [0.4, 0.5) is 0 Å². The van der Waals surface area contributed by atoms with Gasteiger partial charge in [0, 0.05) is 30.6 Å². The average Bonchev–Trinajstić information content (AvgIpc) is 2.84. The summed E-state index contributed by atoms with van der Waals surface area (Å²) >= 11 is 0. The Morgan fingerprint density at radius 2 is 2.11 bits per heavy atom. The minimum absolute atomic E-state index is 0.326. The first-order valence-electron chi connectivity index (χ1n) is 7.13. The molecule has 0 radical (unpaired) electrons. The van der Waals surface area contributed by atoms with Crippen molar-refractivity contribution in [2.24, 2.45) is 0 Å². The summed E-state index contributed by atoms with van der Waals surface area (Å²) in [5, 5.41) is 4.72. The lowest BCUT2D eigenvalue weighted by Gasteiger charge is -2.40. The molecule has 3 heteroatoms. The number of nitrogens with zero attached hydrogens (tertiary/aromatic N) is 1. The number of furan rings is 1. The zero-order valence-corrected chi connectivity index (χ0v) is 11.9. The van der Waals surface area contributed by atoms with Crippen LogP contribution in [-0.4, -0.2) is 30.1 Å². The maximum Gasteiger partial charge on any atom is 0.134 e. The SMILES string of the molecule is CC1CN(C(C)c2cc3ccccc3o2)C(C)CN1. The highest BCUT2D eigenvalue weighted by atomic mass is 16.3. The van der Waals surface area contributed by atoms with E-state index in [2.05, 4.69) is 49.2 Å². The zero-order chi connectivity index (χ0) is 13.4. The molecule has 2 aromatic rings. The lowest BCUT2D eigenvalue weighted by atomic mass is 10.1. The van der Waals surface area contributed by atoms with Crippen LogP contribution < -0.4 is 5.32 Å². The fourth-order valence-corrected chi connectivity index (χ4v) is 2.96. The number of hydrogen-bond donors (Lipinski definition) is 1. The predicted octanol–water partition coefficient (Wildman–Crippen LogP) is 3.18. The summed E-state index contributed by atoms with van der Waals surface area (Å²) in [5.41, 5.74) is 0.986. The molecule has 1 aromatic carbocycles. The van der Waals surface area contributed by atoms with E-state index >= 15 is 0 Å². The molecule has 1 fully saturated rings. The van der Waals surface area contributed by atoms with Crippen molar-refractivity contribution < 1.29 is 4.42 Å². The van der Waals surface area contributed by atoms with Gasteiger partial charge in [0.15, 0.2) is 0 Å². The molecule has 1 aliphatic heterocycles. The number of rotatable bonds is 2. The van der Waals surface area contributed by atoms with E-state index in [1.165, 1.54) is 5.39 Å². The van der Waals surface area contributed by atoms with E-state index in [1.54, 1.807) is 0 Å². The highest BCUT2D eigenvalue weighted by Crippen LogP contribution is 2.29. The second kappa shape index (κ2) is 4.99. The smallest absolute Gasteiger partial charge is 0.134 e. The summed E-state index contributed by atoms with van der Waals surface area (Å²) in [6.45, 7) is 8.87. The van der Waals surface area contributed by atoms with Crippen molar-refractivity contribution in [2.75, 3.05) is 13.1 Å². The lowest BCUT2D eigenvalue weighted by molar-refractivity contribution is 0.0929. The second-order valence-corrected chi connectivity index (χ2v) is 5.72. The van der Waals surface area contributed by atoms with Gasteiger partial charge in [-0.2, -0.15) is 0 Å². The van der Waals surface area contributed by atoms with Gasteiger partial charge >= 0.3 is 0 Å². The fourth-order valence-electron chi connectivity index (χ4n) is 2.96. The summed E-state index contributed by atoms with van der Waals surface area (Å²) in [4.78, 5) is 2.53. The van der Waals surface area contributed by atoms with E-state index < -0.39 is 0 Å². The van der Waals surface area contributed by atoms with Crippen LogP contribution in [0.3, 0.4) is 0 Å². The molecule has 3 unspecified atom stereocenters. The molecular formula is C16H22N2O. The maximum absolute atomic E-state index is 6.00. The van der Waals surface area contributed by atoms with E-state index in [0.717, 1.165) is 24.4 Å². The van der Waals surface area contributed by atoms with Crippen molar-refractivity contribution in [3.63, 3.8) is 0 Å². The molecule has 3 atom stereocenters. The zero-order valence-electron chi connectivity index (χ0n) is 11.9. The second-order valence-electron chi connectivity index (χ2n) is 5.72. The first-order valence-corrected chi connectivity index (χ1v) is 7.13. The molecule has 0 amide bonds. The van der Waals surface area contributed by atoms with Crippen LogP contribution in [0.2, 0.25) is 0 Å². The molecule has 2 heterocycles. The predicted molar refractivity (Wildman–Crippen MR) is 78.3 cm³/mol. The molecule has 3 nitrogen and oxygen atoms in total. The van der Waals surface area contributed by atoms with E-state index in [1.807, 2.05) is 12.1 Å². The Kier molecular flexibility index (Phi) is 3.33. The summed E-state index contributed by atoms with van der Waals surface area (Å²) in [5.74, 6) is 1.07. The van der Waals surface area contributed by atoms with Crippen LogP contribution in [0.5, 0.6) is 0 Å². The molecule has 1 aliphatic rings. The molecule has 19 heavy (non-hydrogen) atoms. The van der Waals surface area contributed by atoms with Gasteiger partial charge in [-0.15, -0.1) is 0 Å². The van der Waals surface area contributed by atoms with Crippen molar-refractivity contribution in [2.45, 2.75) is 38.9 Å². The van der Waals surface area contributed by atoms with Gasteiger partial charge in [-0.3, -0.25) is 4.90 Å². The number of para-hydroxylation sites is 1. The molecule has 1 aromatic heterocycles. The molecule has 0 spiro atoms. The van der Waals surface area contributed by atoms with E-state index in [-0.39, 0.29) is 0 Å². The van der Waals surface area contributed by atoms with E-state index in [9.17, 15) is 0 Å². The van der Waals surface area contributed by atoms with Gasteiger partial charge < -0.3 is 9.73 Å². The van der Waals surface area contributed by atoms with Crippen LogP contribution in [0.1, 0.15) is 32.6 Å². The van der Waals surface area contributed by atoms with Gasteiger partial charge in [-0.25, -0.2) is 0 Å². The number of nitrogens with one attached hydrogen (secondary N) is 1.